The van der Waals surface area contributed by atoms with Crippen LogP contribution in [-0.2, 0) is 0 Å². The van der Waals surface area contributed by atoms with Crippen molar-refractivity contribution in [2.75, 3.05) is 0 Å². The van der Waals surface area contributed by atoms with Gasteiger partial charge in [-0.05, 0) is 53.6 Å². The number of allylic oxidation sites excluding steroid dienone is 5. The maximum Gasteiger partial charge on any atom is 0.238 e. The second-order valence-corrected chi connectivity index (χ2v) is 17.9. The first kappa shape index (κ1) is 39.7. The molecule has 70 heavy (non-hydrogen) atoms. The van der Waals surface area contributed by atoms with Gasteiger partial charge < -0.3 is 4.57 Å². The zero-order valence-electron chi connectivity index (χ0n) is 37.7. The molecule has 0 saturated carbocycles. The van der Waals surface area contributed by atoms with E-state index >= 15 is 0 Å². The minimum Gasteiger partial charge on any atom is -0.309 e. The molecule has 4 heterocycles. The van der Waals surface area contributed by atoms with Gasteiger partial charge in [0.2, 0.25) is 5.95 Å². The van der Waals surface area contributed by atoms with Crippen LogP contribution in [0.5, 0.6) is 0 Å². The first-order valence-corrected chi connectivity index (χ1v) is 23.6. The van der Waals surface area contributed by atoms with Gasteiger partial charge in [-0.1, -0.05) is 188 Å². The van der Waals surface area contributed by atoms with Crippen LogP contribution in [0.1, 0.15) is 22.9 Å². The highest BCUT2D eigenvalue weighted by Gasteiger charge is 2.27. The van der Waals surface area contributed by atoms with E-state index in [1.54, 1.807) is 0 Å². The quantitative estimate of drug-likeness (QED) is 0.158. The minimum absolute atomic E-state index is 0.206. The molecule has 8 aromatic carbocycles. The molecule has 0 amide bonds. The maximum atomic E-state index is 5.21. The lowest BCUT2D eigenvalue weighted by molar-refractivity contribution is 0.694. The van der Waals surface area contributed by atoms with Gasteiger partial charge in [-0.3, -0.25) is 4.57 Å². The Kier molecular flexibility index (Phi) is 9.16. The van der Waals surface area contributed by atoms with Gasteiger partial charge in [-0.25, -0.2) is 19.9 Å². The van der Waals surface area contributed by atoms with E-state index in [0.29, 0.717) is 35.1 Å². The Hall–Kier alpha value is -9.40. The zero-order valence-corrected chi connectivity index (χ0v) is 37.7. The molecule has 2 aliphatic carbocycles. The number of para-hydroxylation sites is 2. The lowest BCUT2D eigenvalue weighted by atomic mass is 9.76. The van der Waals surface area contributed by atoms with E-state index in [-0.39, 0.29) is 11.8 Å². The molecular weight excluding hydrogens is 857 g/mol. The second kappa shape index (κ2) is 16.1. The molecule has 0 bridgehead atoms. The molecule has 2 atom stereocenters. The van der Waals surface area contributed by atoms with Crippen molar-refractivity contribution in [2.24, 2.45) is 5.92 Å². The SMILES string of the molecule is C1=CC2c3ccccc3C=CC2C=C1c1nc(-c2ccccc2)nc(-c2ccc(-n3c4ccccc4c4ccc5c(c6ccccc6n5-c5nc(-c6ccccc6)nc(-c6ccccc6)n5)c43)cc2)n1. The highest BCUT2D eigenvalue weighted by molar-refractivity contribution is 6.26. The van der Waals surface area contributed by atoms with E-state index < -0.39 is 0 Å². The van der Waals surface area contributed by atoms with Crippen molar-refractivity contribution in [1.29, 1.82) is 0 Å². The van der Waals surface area contributed by atoms with Gasteiger partial charge >= 0.3 is 0 Å². The zero-order chi connectivity index (χ0) is 46.1. The van der Waals surface area contributed by atoms with Gasteiger partial charge in [0, 0.05) is 66.9 Å². The minimum atomic E-state index is 0.206. The van der Waals surface area contributed by atoms with Crippen molar-refractivity contribution in [2.45, 2.75) is 5.92 Å². The highest BCUT2D eigenvalue weighted by Crippen LogP contribution is 2.43. The van der Waals surface area contributed by atoms with E-state index in [9.17, 15) is 0 Å². The average molecular weight is 897 g/mol. The summed E-state index contributed by atoms with van der Waals surface area (Å²) in [6.45, 7) is 0. The summed E-state index contributed by atoms with van der Waals surface area (Å²) in [5.74, 6) is 4.16. The van der Waals surface area contributed by atoms with Crippen LogP contribution in [0.15, 0.2) is 224 Å². The van der Waals surface area contributed by atoms with Crippen LogP contribution >= 0.6 is 0 Å². The maximum absolute atomic E-state index is 5.21. The molecule has 4 aromatic heterocycles. The molecule has 2 unspecified atom stereocenters. The van der Waals surface area contributed by atoms with Gasteiger partial charge in [0.25, 0.3) is 0 Å². The molecule has 0 saturated heterocycles. The lowest BCUT2D eigenvalue weighted by Crippen LogP contribution is -2.15. The second-order valence-electron chi connectivity index (χ2n) is 17.9. The Morgan fingerprint density at radius 3 is 1.54 bits per heavy atom. The van der Waals surface area contributed by atoms with E-state index in [1.165, 1.54) is 16.5 Å². The van der Waals surface area contributed by atoms with Crippen LogP contribution in [0.25, 0.3) is 112 Å². The predicted octanol–water partition coefficient (Wildman–Crippen LogP) is 14.3. The van der Waals surface area contributed by atoms with E-state index in [1.807, 2.05) is 78.9 Å². The van der Waals surface area contributed by atoms with Gasteiger partial charge in [0.1, 0.15) is 0 Å². The van der Waals surface area contributed by atoms with Gasteiger partial charge in [-0.2, -0.15) is 9.97 Å². The van der Waals surface area contributed by atoms with Gasteiger partial charge in [0.15, 0.2) is 29.1 Å². The van der Waals surface area contributed by atoms with Crippen molar-refractivity contribution in [3.63, 3.8) is 0 Å². The normalized spacial score (nSPS) is 15.1. The van der Waals surface area contributed by atoms with Crippen molar-refractivity contribution >= 4 is 55.3 Å². The Morgan fingerprint density at radius 1 is 0.357 bits per heavy atom. The van der Waals surface area contributed by atoms with Crippen LogP contribution in [0, 0.1) is 5.92 Å². The first-order chi connectivity index (χ1) is 34.7. The van der Waals surface area contributed by atoms with Crippen LogP contribution in [0.3, 0.4) is 0 Å². The van der Waals surface area contributed by atoms with Crippen LogP contribution < -0.4 is 0 Å². The monoisotopic (exact) mass is 896 g/mol. The molecule has 0 aliphatic heterocycles. The number of aromatic nitrogens is 8. The Morgan fingerprint density at radius 2 is 0.886 bits per heavy atom. The number of fused-ring (bicyclic) bond motifs is 10. The summed E-state index contributed by atoms with van der Waals surface area (Å²) in [5.41, 5.74) is 12.5. The highest BCUT2D eigenvalue weighted by atomic mass is 15.2. The van der Waals surface area contributed by atoms with Crippen LogP contribution in [-0.4, -0.2) is 39.0 Å². The standard InChI is InChI=1S/C62H40N8/c1-4-17-40(18-5-1)57-63-58(65-61(64-57)45-32-35-48-44(38-45)29-28-39-16-10-11-23-47(39)48)43-30-33-46(34-31-43)69-52-26-14-12-24-49(52)50-36-37-54-55(56(50)69)51-25-13-15-27-53(51)70(54)62-67-59(41-19-6-2-7-20-41)66-60(68-62)42-21-8-3-9-22-42/h1-38,44,48H. The third kappa shape index (κ3) is 6.53. The first-order valence-electron chi connectivity index (χ1n) is 23.6. The average Bonchev–Trinajstić information content (AvgIpc) is 3.96. The molecule has 0 radical (unpaired) electrons. The smallest absolute Gasteiger partial charge is 0.238 e. The molecule has 8 nitrogen and oxygen atoms in total. The number of benzene rings is 8. The lowest BCUT2D eigenvalue weighted by Gasteiger charge is -2.28. The molecule has 0 spiro atoms. The number of rotatable bonds is 7. The number of hydrogen-bond acceptors (Lipinski definition) is 6. The van der Waals surface area contributed by atoms with Crippen LogP contribution in [0.4, 0.5) is 0 Å². The molecule has 328 valence electrons. The van der Waals surface area contributed by atoms with E-state index in [0.717, 1.165) is 71.7 Å². The number of nitrogens with zero attached hydrogens (tertiary/aromatic N) is 8. The fourth-order valence-corrected chi connectivity index (χ4v) is 10.5. The summed E-state index contributed by atoms with van der Waals surface area (Å²) in [6, 6.07) is 69.4. The van der Waals surface area contributed by atoms with Crippen molar-refractivity contribution in [3.8, 4) is 57.2 Å². The summed E-state index contributed by atoms with van der Waals surface area (Å²) in [5, 5.41) is 4.53. The topological polar surface area (TPSA) is 87.2 Å². The summed E-state index contributed by atoms with van der Waals surface area (Å²) in [7, 11) is 0. The summed E-state index contributed by atoms with van der Waals surface area (Å²) >= 11 is 0. The van der Waals surface area contributed by atoms with Crippen molar-refractivity contribution < 1.29 is 0 Å². The fourth-order valence-electron chi connectivity index (χ4n) is 10.5. The third-order valence-electron chi connectivity index (χ3n) is 13.8. The van der Waals surface area contributed by atoms with E-state index in [4.69, 9.17) is 29.9 Å². The molecule has 12 aromatic rings. The summed E-state index contributed by atoms with van der Waals surface area (Å²) in [6.07, 6.45) is 11.3. The van der Waals surface area contributed by atoms with Crippen molar-refractivity contribution in [3.05, 3.63) is 241 Å². The largest absolute Gasteiger partial charge is 0.309 e. The summed E-state index contributed by atoms with van der Waals surface area (Å²) in [4.78, 5) is 30.8. The Bertz CT molecular complexity index is 4050. The summed E-state index contributed by atoms with van der Waals surface area (Å²) < 4.78 is 4.59. The molecule has 14 rings (SSSR count). The molecule has 0 fully saturated rings. The third-order valence-corrected chi connectivity index (χ3v) is 13.8. The Labute approximate surface area is 403 Å². The van der Waals surface area contributed by atoms with Crippen molar-refractivity contribution in [1.82, 2.24) is 39.0 Å². The number of hydrogen-bond donors (Lipinski definition) is 0. The predicted molar refractivity (Wildman–Crippen MR) is 282 cm³/mol. The van der Waals surface area contributed by atoms with Crippen LogP contribution in [0.2, 0.25) is 0 Å². The fraction of sp³-hybridized carbons (Fsp3) is 0.0323. The Balaban J connectivity index is 0.930. The van der Waals surface area contributed by atoms with E-state index in [2.05, 4.69) is 161 Å². The molecule has 8 heteroatoms. The molecule has 0 N–H and O–H groups in total. The molecular formula is C62H40N8. The van der Waals surface area contributed by atoms with Gasteiger partial charge in [0.05, 0.1) is 22.1 Å². The molecule has 2 aliphatic rings. The van der Waals surface area contributed by atoms with Gasteiger partial charge in [-0.15, -0.1) is 0 Å².